The number of hydrogen-bond donors (Lipinski definition) is 0. The van der Waals surface area contributed by atoms with Gasteiger partial charge in [-0.3, -0.25) is 14.5 Å². The lowest BCUT2D eigenvalue weighted by Gasteiger charge is -2.27. The molecule has 0 radical (unpaired) electrons. The molecule has 3 rings (SSSR count). The fourth-order valence-corrected chi connectivity index (χ4v) is 3.58. The largest absolute Gasteiger partial charge is 0.388 e. The van der Waals surface area contributed by atoms with Crippen molar-refractivity contribution in [1.29, 1.82) is 0 Å². The molecule has 1 saturated heterocycles. The molecule has 0 aliphatic carbocycles. The minimum atomic E-state index is -0.725. The molecule has 7 nitrogen and oxygen atoms in total. The maximum atomic E-state index is 12.3. The smallest absolute Gasteiger partial charge is 0.293 e. The van der Waals surface area contributed by atoms with Crippen molar-refractivity contribution >= 4 is 40.5 Å². The lowest BCUT2D eigenvalue weighted by atomic mass is 10.2. The van der Waals surface area contributed by atoms with Crippen LogP contribution in [0.3, 0.4) is 0 Å². The fourth-order valence-electron chi connectivity index (χ4n) is 2.68. The highest BCUT2D eigenvalue weighted by molar-refractivity contribution is 8.14. The number of Topliss-reactive ketones (excluding diaryl/α,β-unsaturated/α-hetero) is 1. The van der Waals surface area contributed by atoms with Gasteiger partial charge in [0.1, 0.15) is 0 Å². The Kier molecular flexibility index (Phi) is 4.23. The highest BCUT2D eigenvalue weighted by Gasteiger charge is 2.51. The molecule has 0 aromatic heterocycles. The second-order valence-electron chi connectivity index (χ2n) is 5.55. The Morgan fingerprint density at radius 3 is 2.54 bits per heavy atom. The SMILES string of the molecule is CN1C(=O)C2N=C(SCC(=O)c3ccccc3)[N+](C)=C2N(C)C1=O. The number of ketones is 1. The molecule has 1 atom stereocenters. The van der Waals surface area contributed by atoms with Gasteiger partial charge < -0.3 is 0 Å². The summed E-state index contributed by atoms with van der Waals surface area (Å²) in [4.78, 5) is 43.4. The van der Waals surface area contributed by atoms with Crippen molar-refractivity contribution in [1.82, 2.24) is 9.80 Å². The van der Waals surface area contributed by atoms with Gasteiger partial charge in [-0.05, 0) is 11.8 Å². The molecule has 1 aromatic rings. The van der Waals surface area contributed by atoms with Gasteiger partial charge in [-0.25, -0.2) is 14.3 Å². The van der Waals surface area contributed by atoms with E-state index in [-0.39, 0.29) is 23.5 Å². The molecule has 8 heteroatoms. The first-order valence-corrected chi connectivity index (χ1v) is 8.35. The molecule has 3 amide bonds. The van der Waals surface area contributed by atoms with Gasteiger partial charge in [-0.15, -0.1) is 4.99 Å². The van der Waals surface area contributed by atoms with Crippen molar-refractivity contribution < 1.29 is 19.0 Å². The predicted molar refractivity (Wildman–Crippen MR) is 91.6 cm³/mol. The van der Waals surface area contributed by atoms with Crippen molar-refractivity contribution in [3.8, 4) is 0 Å². The summed E-state index contributed by atoms with van der Waals surface area (Å²) in [7, 11) is 4.80. The molecule has 0 saturated carbocycles. The number of imide groups is 1. The van der Waals surface area contributed by atoms with Gasteiger partial charge in [0, 0.05) is 12.6 Å². The van der Waals surface area contributed by atoms with Crippen LogP contribution in [0.15, 0.2) is 35.3 Å². The third kappa shape index (κ3) is 2.62. The fraction of sp³-hybridized carbons (Fsp3) is 0.312. The molecule has 2 aliphatic heterocycles. The maximum Gasteiger partial charge on any atom is 0.388 e. The molecular weight excluding hydrogens is 328 g/mol. The average Bonchev–Trinajstić information content (AvgIpc) is 2.93. The summed E-state index contributed by atoms with van der Waals surface area (Å²) in [6, 6.07) is 7.91. The Labute approximate surface area is 143 Å². The molecule has 0 bridgehead atoms. The number of amides is 3. The second kappa shape index (κ2) is 6.20. The van der Waals surface area contributed by atoms with Crippen LogP contribution in [0.1, 0.15) is 10.4 Å². The number of benzene rings is 1. The number of carbonyl (C=O) groups is 3. The average molecular weight is 345 g/mol. The van der Waals surface area contributed by atoms with E-state index >= 15 is 0 Å². The van der Waals surface area contributed by atoms with Gasteiger partial charge in [-0.2, -0.15) is 0 Å². The summed E-state index contributed by atoms with van der Waals surface area (Å²) in [5.41, 5.74) is 0.638. The third-order valence-corrected chi connectivity index (χ3v) is 5.07. The summed E-state index contributed by atoms with van der Waals surface area (Å²) >= 11 is 1.26. The summed E-state index contributed by atoms with van der Waals surface area (Å²) in [6.07, 6.45) is 0. The van der Waals surface area contributed by atoms with Crippen LogP contribution in [0.4, 0.5) is 4.79 Å². The summed E-state index contributed by atoms with van der Waals surface area (Å²) in [5.74, 6) is 0.377. The zero-order chi connectivity index (χ0) is 17.4. The Hall–Kier alpha value is -2.48. The van der Waals surface area contributed by atoms with E-state index < -0.39 is 6.04 Å². The van der Waals surface area contributed by atoms with E-state index in [2.05, 4.69) is 4.99 Å². The Morgan fingerprint density at radius 2 is 1.88 bits per heavy atom. The van der Waals surface area contributed by atoms with Crippen LogP contribution in [0.2, 0.25) is 0 Å². The van der Waals surface area contributed by atoms with Crippen molar-refractivity contribution in [3.05, 3.63) is 35.9 Å². The molecule has 24 heavy (non-hydrogen) atoms. The zero-order valence-corrected chi connectivity index (χ0v) is 14.4. The second-order valence-corrected chi connectivity index (χ2v) is 6.49. The lowest BCUT2D eigenvalue weighted by molar-refractivity contribution is -0.367. The van der Waals surface area contributed by atoms with E-state index in [0.29, 0.717) is 16.6 Å². The molecule has 1 aromatic carbocycles. The summed E-state index contributed by atoms with van der Waals surface area (Å²) < 4.78 is 1.70. The van der Waals surface area contributed by atoms with Gasteiger partial charge in [0.2, 0.25) is 0 Å². The number of aliphatic imine (C=N–C) groups is 1. The summed E-state index contributed by atoms with van der Waals surface area (Å²) in [6.45, 7) is 0. The van der Waals surface area contributed by atoms with Crippen molar-refractivity contribution in [3.63, 3.8) is 0 Å². The van der Waals surface area contributed by atoms with Crippen molar-refractivity contribution in [2.45, 2.75) is 6.04 Å². The van der Waals surface area contributed by atoms with Crippen LogP contribution in [-0.2, 0) is 4.79 Å². The summed E-state index contributed by atoms with van der Waals surface area (Å²) in [5, 5.41) is 0.558. The molecule has 124 valence electrons. The van der Waals surface area contributed by atoms with E-state index in [1.165, 1.54) is 23.7 Å². The number of rotatable bonds is 3. The monoisotopic (exact) mass is 345 g/mol. The number of nitrogens with zero attached hydrogens (tertiary/aromatic N) is 4. The normalized spacial score (nSPS) is 20.5. The van der Waals surface area contributed by atoms with E-state index in [9.17, 15) is 14.4 Å². The number of hydrogen-bond acceptors (Lipinski definition) is 5. The maximum absolute atomic E-state index is 12.3. The van der Waals surface area contributed by atoms with E-state index in [1.807, 2.05) is 18.2 Å². The molecule has 1 fully saturated rings. The van der Waals surface area contributed by atoms with Gasteiger partial charge in [0.15, 0.2) is 5.78 Å². The first-order valence-electron chi connectivity index (χ1n) is 7.36. The third-order valence-electron chi connectivity index (χ3n) is 4.02. The zero-order valence-electron chi connectivity index (χ0n) is 13.6. The number of urea groups is 1. The number of amidine groups is 2. The molecule has 1 unspecified atom stereocenters. The molecule has 0 N–H and O–H groups in total. The highest BCUT2D eigenvalue weighted by atomic mass is 32.2. The Morgan fingerprint density at radius 1 is 1.21 bits per heavy atom. The minimum absolute atomic E-state index is 0.00977. The molecule has 2 aliphatic rings. The van der Waals surface area contributed by atoms with Gasteiger partial charge in [-0.1, -0.05) is 30.3 Å². The molecular formula is C16H17N4O3S+. The first-order chi connectivity index (χ1) is 11.4. The quantitative estimate of drug-likeness (QED) is 0.603. The topological polar surface area (TPSA) is 73.1 Å². The van der Waals surface area contributed by atoms with Crippen LogP contribution in [0.25, 0.3) is 0 Å². The standard InChI is InChI=1S/C16H17N4O3S/c1-18-13-12(14(22)20(3)16(23)19(13)2)17-15(18)24-9-11(21)10-7-5-4-6-8-10/h4-8,12H,9H2,1-3H3/q+1. The predicted octanol–water partition coefficient (Wildman–Crippen LogP) is 0.905. The molecule has 2 heterocycles. The number of fused-ring (bicyclic) bond motifs is 1. The van der Waals surface area contributed by atoms with Gasteiger partial charge in [0.05, 0.1) is 19.8 Å². The van der Waals surface area contributed by atoms with Crippen LogP contribution in [0, 0.1) is 0 Å². The number of carbonyl (C=O) groups excluding carboxylic acids is 3. The Balaban J connectivity index is 1.78. The van der Waals surface area contributed by atoms with Crippen LogP contribution in [0.5, 0.6) is 0 Å². The van der Waals surface area contributed by atoms with Gasteiger partial charge >= 0.3 is 6.03 Å². The van der Waals surface area contributed by atoms with Crippen LogP contribution < -0.4 is 0 Å². The van der Waals surface area contributed by atoms with E-state index in [1.54, 1.807) is 30.8 Å². The van der Waals surface area contributed by atoms with Gasteiger partial charge in [0.25, 0.3) is 23.0 Å². The highest BCUT2D eigenvalue weighted by Crippen LogP contribution is 2.22. The number of likely N-dealkylation sites (N-methyl/N-ethyl adjacent to an activating group) is 2. The molecule has 0 spiro atoms. The van der Waals surface area contributed by atoms with Crippen molar-refractivity contribution in [2.75, 3.05) is 26.9 Å². The first kappa shape index (κ1) is 16.4. The number of thioether (sulfide) groups is 1. The van der Waals surface area contributed by atoms with E-state index in [0.717, 1.165) is 4.90 Å². The van der Waals surface area contributed by atoms with Crippen LogP contribution in [-0.4, -0.2) is 76.0 Å². The Bertz CT molecular complexity index is 788. The van der Waals surface area contributed by atoms with Crippen LogP contribution >= 0.6 is 11.8 Å². The van der Waals surface area contributed by atoms with E-state index in [4.69, 9.17) is 0 Å². The van der Waals surface area contributed by atoms with Crippen molar-refractivity contribution in [2.24, 2.45) is 4.99 Å². The lowest BCUT2D eigenvalue weighted by Crippen LogP contribution is -2.59. The minimum Gasteiger partial charge on any atom is -0.293 e.